The number of aliphatic hydroxyl groups is 2. The first-order chi connectivity index (χ1) is 14.2. The molecule has 30 heavy (non-hydrogen) atoms. The minimum absolute atomic E-state index is 0.0469. The SMILES string of the molecule is Nc1cc(=O)n([C@@H]2C=C(COc3cc(F)c4cc(Cl)c(N)nc4c3)[C@@H](O)[C@H]2O)cn1. The molecular weight excluding hydrogens is 417 g/mol. The summed E-state index contributed by atoms with van der Waals surface area (Å²) in [5, 5.41) is 21.0. The molecule has 3 atom stereocenters. The Balaban J connectivity index is 1.58. The van der Waals surface area contributed by atoms with E-state index in [1.54, 1.807) is 0 Å². The molecule has 0 unspecified atom stereocenters. The Kier molecular flexibility index (Phi) is 5.06. The monoisotopic (exact) mass is 433 g/mol. The van der Waals surface area contributed by atoms with E-state index in [2.05, 4.69) is 9.97 Å². The topological polar surface area (TPSA) is 150 Å². The summed E-state index contributed by atoms with van der Waals surface area (Å²) in [5.41, 5.74) is 11.2. The van der Waals surface area contributed by atoms with Crippen LogP contribution in [0.3, 0.4) is 0 Å². The van der Waals surface area contributed by atoms with Gasteiger partial charge in [0.2, 0.25) is 0 Å². The molecule has 11 heteroatoms. The number of fused-ring (bicyclic) bond motifs is 1. The van der Waals surface area contributed by atoms with Crippen LogP contribution in [0.25, 0.3) is 10.9 Å². The second-order valence-corrected chi connectivity index (χ2v) is 7.25. The lowest BCUT2D eigenvalue weighted by Crippen LogP contribution is -2.35. The van der Waals surface area contributed by atoms with Crippen LogP contribution in [0.15, 0.2) is 47.0 Å². The molecule has 9 nitrogen and oxygen atoms in total. The van der Waals surface area contributed by atoms with Crippen molar-refractivity contribution in [2.75, 3.05) is 18.1 Å². The summed E-state index contributed by atoms with van der Waals surface area (Å²) in [4.78, 5) is 20.0. The van der Waals surface area contributed by atoms with Crippen LogP contribution in [0.4, 0.5) is 16.0 Å². The number of aromatic nitrogens is 3. The number of aliphatic hydroxyl groups excluding tert-OH is 2. The fraction of sp³-hybridized carbons (Fsp3) is 0.211. The molecule has 1 aromatic carbocycles. The second-order valence-electron chi connectivity index (χ2n) is 6.84. The normalized spacial score (nSPS) is 21.1. The maximum Gasteiger partial charge on any atom is 0.256 e. The van der Waals surface area contributed by atoms with Gasteiger partial charge in [0, 0.05) is 23.6 Å². The molecule has 0 bridgehead atoms. The van der Waals surface area contributed by atoms with E-state index in [0.717, 1.165) is 16.7 Å². The highest BCUT2D eigenvalue weighted by molar-refractivity contribution is 6.33. The van der Waals surface area contributed by atoms with Crippen molar-refractivity contribution in [1.82, 2.24) is 14.5 Å². The van der Waals surface area contributed by atoms with Crippen LogP contribution in [0.1, 0.15) is 6.04 Å². The van der Waals surface area contributed by atoms with Crippen molar-refractivity contribution in [2.45, 2.75) is 18.2 Å². The van der Waals surface area contributed by atoms with Crippen molar-refractivity contribution < 1.29 is 19.3 Å². The lowest BCUT2D eigenvalue weighted by Gasteiger charge is -2.19. The predicted octanol–water partition coefficient (Wildman–Crippen LogP) is 1.03. The summed E-state index contributed by atoms with van der Waals surface area (Å²) in [7, 11) is 0. The zero-order valence-electron chi connectivity index (χ0n) is 15.4. The molecule has 4 rings (SSSR count). The van der Waals surface area contributed by atoms with Gasteiger partial charge in [0.1, 0.15) is 48.3 Å². The summed E-state index contributed by atoms with van der Waals surface area (Å²) < 4.78 is 21.1. The van der Waals surface area contributed by atoms with Gasteiger partial charge in [-0.15, -0.1) is 0 Å². The average molecular weight is 434 g/mol. The van der Waals surface area contributed by atoms with E-state index >= 15 is 0 Å². The van der Waals surface area contributed by atoms with Crippen molar-refractivity contribution >= 4 is 34.1 Å². The molecule has 2 heterocycles. The van der Waals surface area contributed by atoms with Gasteiger partial charge in [0.15, 0.2) is 0 Å². The highest BCUT2D eigenvalue weighted by Crippen LogP contribution is 2.31. The number of ether oxygens (including phenoxy) is 1. The summed E-state index contributed by atoms with van der Waals surface area (Å²) in [6, 6.07) is 4.28. The molecule has 0 amide bonds. The molecule has 2 aromatic heterocycles. The summed E-state index contributed by atoms with van der Waals surface area (Å²) in [6.07, 6.45) is 0.126. The highest BCUT2D eigenvalue weighted by Gasteiger charge is 2.36. The Morgan fingerprint density at radius 2 is 2.00 bits per heavy atom. The van der Waals surface area contributed by atoms with Crippen molar-refractivity contribution in [3.63, 3.8) is 0 Å². The first-order valence-corrected chi connectivity index (χ1v) is 9.21. The second kappa shape index (κ2) is 7.56. The van der Waals surface area contributed by atoms with Crippen molar-refractivity contribution in [3.8, 4) is 5.75 Å². The minimum Gasteiger partial charge on any atom is -0.489 e. The summed E-state index contributed by atoms with van der Waals surface area (Å²) in [6.45, 7) is -0.153. The van der Waals surface area contributed by atoms with E-state index in [0.29, 0.717) is 5.57 Å². The van der Waals surface area contributed by atoms with E-state index in [9.17, 15) is 19.4 Å². The Labute approximate surface area is 174 Å². The van der Waals surface area contributed by atoms with Crippen molar-refractivity contribution in [3.05, 3.63) is 63.4 Å². The van der Waals surface area contributed by atoms with Gasteiger partial charge in [-0.2, -0.15) is 0 Å². The van der Waals surface area contributed by atoms with Gasteiger partial charge in [-0.1, -0.05) is 17.7 Å². The molecule has 156 valence electrons. The lowest BCUT2D eigenvalue weighted by atomic mass is 10.1. The zero-order valence-corrected chi connectivity index (χ0v) is 16.1. The van der Waals surface area contributed by atoms with Crippen LogP contribution in [-0.2, 0) is 0 Å². The third-order valence-corrected chi connectivity index (χ3v) is 5.16. The maximum absolute atomic E-state index is 14.4. The Hall–Kier alpha value is -3.21. The quantitative estimate of drug-likeness (QED) is 0.445. The van der Waals surface area contributed by atoms with Gasteiger partial charge >= 0.3 is 0 Å². The fourth-order valence-corrected chi connectivity index (χ4v) is 3.45. The van der Waals surface area contributed by atoms with Crippen LogP contribution in [0.5, 0.6) is 5.75 Å². The number of hydrogen-bond acceptors (Lipinski definition) is 8. The molecule has 0 spiro atoms. The number of pyridine rings is 1. The molecular formula is C19H17ClFN5O4. The number of halogens is 2. The maximum atomic E-state index is 14.4. The standard InChI is InChI=1S/C19H17ClFN5O4/c20-11-4-10-12(21)2-9(3-13(10)25-19(11)23)30-6-8-1-14(18(29)17(8)28)26-7-24-15(22)5-16(26)27/h1-5,7,14,17-18,28-29H,6,22H2,(H2,23,25)/t14-,17-,18+/m1/s1. The van der Waals surface area contributed by atoms with E-state index in [1.165, 1.54) is 24.5 Å². The van der Waals surface area contributed by atoms with Gasteiger partial charge in [0.05, 0.1) is 16.6 Å². The number of benzene rings is 1. The van der Waals surface area contributed by atoms with E-state index < -0.39 is 29.6 Å². The van der Waals surface area contributed by atoms with Crippen molar-refractivity contribution in [2.24, 2.45) is 0 Å². The molecule has 0 fully saturated rings. The highest BCUT2D eigenvalue weighted by atomic mass is 35.5. The largest absolute Gasteiger partial charge is 0.489 e. The number of nitrogen functional groups attached to an aromatic ring is 2. The summed E-state index contributed by atoms with van der Waals surface area (Å²) in [5.74, 6) is -0.351. The van der Waals surface area contributed by atoms with Gasteiger partial charge in [-0.25, -0.2) is 14.4 Å². The van der Waals surface area contributed by atoms with Crippen LogP contribution in [-0.4, -0.2) is 43.6 Å². The zero-order chi connectivity index (χ0) is 21.6. The number of nitrogens with two attached hydrogens (primary N) is 2. The third-order valence-electron chi connectivity index (χ3n) is 4.86. The minimum atomic E-state index is -1.29. The molecule has 0 aliphatic heterocycles. The van der Waals surface area contributed by atoms with Gasteiger partial charge in [-0.3, -0.25) is 9.36 Å². The molecule has 0 saturated heterocycles. The van der Waals surface area contributed by atoms with Gasteiger partial charge in [-0.05, 0) is 11.6 Å². The number of anilines is 2. The Morgan fingerprint density at radius 1 is 1.23 bits per heavy atom. The van der Waals surface area contributed by atoms with Crippen LogP contribution in [0, 0.1) is 5.82 Å². The molecule has 0 saturated carbocycles. The van der Waals surface area contributed by atoms with E-state index in [4.69, 9.17) is 27.8 Å². The molecule has 0 radical (unpaired) electrons. The van der Waals surface area contributed by atoms with Gasteiger partial charge in [0.25, 0.3) is 5.56 Å². The first kappa shape index (κ1) is 20.1. The van der Waals surface area contributed by atoms with Crippen molar-refractivity contribution in [1.29, 1.82) is 0 Å². The Morgan fingerprint density at radius 3 is 2.73 bits per heavy atom. The lowest BCUT2D eigenvalue weighted by molar-refractivity contribution is 0.0279. The molecule has 3 aromatic rings. The third kappa shape index (κ3) is 3.56. The predicted molar refractivity (Wildman–Crippen MR) is 109 cm³/mol. The van der Waals surface area contributed by atoms with Crippen LogP contribution in [0.2, 0.25) is 5.02 Å². The van der Waals surface area contributed by atoms with Gasteiger partial charge < -0.3 is 26.4 Å². The van der Waals surface area contributed by atoms with Crippen LogP contribution >= 0.6 is 11.6 Å². The molecule has 6 N–H and O–H groups in total. The number of rotatable bonds is 4. The molecule has 1 aliphatic carbocycles. The van der Waals surface area contributed by atoms with Crippen LogP contribution < -0.4 is 21.8 Å². The summed E-state index contributed by atoms with van der Waals surface area (Å²) >= 11 is 5.88. The first-order valence-electron chi connectivity index (χ1n) is 8.83. The average Bonchev–Trinajstić information content (AvgIpc) is 2.96. The van der Waals surface area contributed by atoms with E-state index in [-0.39, 0.29) is 39.9 Å². The number of nitrogens with zero attached hydrogens (tertiary/aromatic N) is 3. The Bertz CT molecular complexity index is 1230. The smallest absolute Gasteiger partial charge is 0.256 e. The number of hydrogen-bond donors (Lipinski definition) is 4. The molecule has 1 aliphatic rings. The van der Waals surface area contributed by atoms with E-state index in [1.807, 2.05) is 0 Å². The fourth-order valence-electron chi connectivity index (χ4n) is 3.30.